The Kier molecular flexibility index (Phi) is 9.35. The van der Waals surface area contributed by atoms with Gasteiger partial charge in [-0.05, 0) is 46.6 Å². The first-order valence-electron chi connectivity index (χ1n) is 11.6. The van der Waals surface area contributed by atoms with Gasteiger partial charge in [0.25, 0.3) is 0 Å². The maximum Gasteiger partial charge on any atom is 0.498 e. The minimum atomic E-state index is -0.427. The Hall–Kier alpha value is -1.20. The fourth-order valence-corrected chi connectivity index (χ4v) is 3.32. The molecule has 1 aromatic carbocycles. The van der Waals surface area contributed by atoms with Crippen LogP contribution in [0, 0.1) is 0 Å². The summed E-state index contributed by atoms with van der Waals surface area (Å²) in [6, 6.07) is 6.04. The fourth-order valence-electron chi connectivity index (χ4n) is 3.32. The van der Waals surface area contributed by atoms with Gasteiger partial charge in [0.2, 0.25) is 0 Å². The van der Waals surface area contributed by atoms with Gasteiger partial charge in [0, 0.05) is 11.5 Å². The molecule has 0 aliphatic carbocycles. The summed E-state index contributed by atoms with van der Waals surface area (Å²) in [7, 11) is -0.427. The largest absolute Gasteiger partial charge is 0.498 e. The topological polar surface area (TPSA) is 36.9 Å². The summed E-state index contributed by atoms with van der Waals surface area (Å²) in [5.74, 6) is 1.66. The van der Waals surface area contributed by atoms with Crippen molar-refractivity contribution in [2.45, 2.75) is 104 Å². The molecule has 0 N–H and O–H groups in total. The normalized spacial score (nSPS) is 17.5. The first-order chi connectivity index (χ1) is 13.8. The van der Waals surface area contributed by atoms with Crippen molar-refractivity contribution in [3.8, 4) is 11.5 Å². The standard InChI is InChI=1S/C24H41BO4/c1-7-9-11-13-17-26-20-15-16-21(22(19-20)27-18-14-12-10-8-2)25-28-23(3,4)24(5,6)29-25/h15-16,19H,7-14,17-18H2,1-6H3. The summed E-state index contributed by atoms with van der Waals surface area (Å²) in [4.78, 5) is 0. The molecule has 1 saturated heterocycles. The van der Waals surface area contributed by atoms with Crippen molar-refractivity contribution in [2.75, 3.05) is 13.2 Å². The van der Waals surface area contributed by atoms with Gasteiger partial charge in [0.05, 0.1) is 24.4 Å². The second-order valence-electron chi connectivity index (χ2n) is 9.11. The molecule has 0 aromatic heterocycles. The van der Waals surface area contributed by atoms with Crippen LogP contribution in [0.1, 0.15) is 92.9 Å². The third kappa shape index (κ3) is 6.92. The monoisotopic (exact) mass is 404 g/mol. The molecule has 0 atom stereocenters. The Balaban J connectivity index is 2.07. The molecule has 0 saturated carbocycles. The van der Waals surface area contributed by atoms with Gasteiger partial charge in [0.1, 0.15) is 11.5 Å². The Morgan fingerprint density at radius 1 is 0.759 bits per heavy atom. The van der Waals surface area contributed by atoms with Gasteiger partial charge < -0.3 is 18.8 Å². The number of rotatable bonds is 13. The number of hydrogen-bond donors (Lipinski definition) is 0. The van der Waals surface area contributed by atoms with Crippen LogP contribution in [0.3, 0.4) is 0 Å². The summed E-state index contributed by atoms with van der Waals surface area (Å²) in [6.07, 6.45) is 9.50. The van der Waals surface area contributed by atoms with Crippen molar-refractivity contribution in [3.63, 3.8) is 0 Å². The predicted octanol–water partition coefficient (Wildman–Crippen LogP) is 5.90. The summed E-state index contributed by atoms with van der Waals surface area (Å²) < 4.78 is 24.7. The highest BCUT2D eigenvalue weighted by Gasteiger charge is 2.52. The zero-order valence-electron chi connectivity index (χ0n) is 19.5. The number of unbranched alkanes of at least 4 members (excludes halogenated alkanes) is 6. The summed E-state index contributed by atoms with van der Waals surface area (Å²) >= 11 is 0. The molecule has 0 amide bonds. The molecule has 4 nitrogen and oxygen atoms in total. The lowest BCUT2D eigenvalue weighted by atomic mass is 9.78. The van der Waals surface area contributed by atoms with Crippen LogP contribution in [0.15, 0.2) is 18.2 Å². The maximum atomic E-state index is 6.26. The Morgan fingerprint density at radius 3 is 1.86 bits per heavy atom. The molecule has 2 rings (SSSR count). The number of ether oxygens (including phenoxy) is 2. The Bertz CT molecular complexity index is 599. The lowest BCUT2D eigenvalue weighted by Crippen LogP contribution is -2.41. The highest BCUT2D eigenvalue weighted by Crippen LogP contribution is 2.37. The molecule has 0 spiro atoms. The van der Waals surface area contributed by atoms with E-state index in [0.29, 0.717) is 6.61 Å². The first kappa shape index (κ1) is 24.1. The molecule has 0 bridgehead atoms. The van der Waals surface area contributed by atoms with Crippen molar-refractivity contribution in [1.82, 2.24) is 0 Å². The van der Waals surface area contributed by atoms with E-state index in [4.69, 9.17) is 18.8 Å². The third-order valence-electron chi connectivity index (χ3n) is 6.01. The van der Waals surface area contributed by atoms with E-state index in [1.807, 2.05) is 18.2 Å². The van der Waals surface area contributed by atoms with Crippen LogP contribution in [0.25, 0.3) is 0 Å². The summed E-state index contributed by atoms with van der Waals surface area (Å²) in [5, 5.41) is 0. The van der Waals surface area contributed by atoms with Crippen molar-refractivity contribution < 1.29 is 18.8 Å². The maximum absolute atomic E-state index is 6.26. The Labute approximate surface area is 178 Å². The minimum Gasteiger partial charge on any atom is -0.494 e. The van der Waals surface area contributed by atoms with Crippen LogP contribution in [0.5, 0.6) is 11.5 Å². The molecule has 0 radical (unpaired) electrons. The molecule has 1 heterocycles. The molecule has 29 heavy (non-hydrogen) atoms. The Morgan fingerprint density at radius 2 is 1.31 bits per heavy atom. The molecular weight excluding hydrogens is 363 g/mol. The minimum absolute atomic E-state index is 0.371. The van der Waals surface area contributed by atoms with Gasteiger partial charge in [-0.3, -0.25) is 0 Å². The predicted molar refractivity (Wildman–Crippen MR) is 121 cm³/mol. The fraction of sp³-hybridized carbons (Fsp3) is 0.750. The molecule has 1 aromatic rings. The van der Waals surface area contributed by atoms with Gasteiger partial charge in [0.15, 0.2) is 0 Å². The van der Waals surface area contributed by atoms with E-state index in [9.17, 15) is 0 Å². The van der Waals surface area contributed by atoms with Crippen LogP contribution in [-0.4, -0.2) is 31.5 Å². The second kappa shape index (κ2) is 11.3. The van der Waals surface area contributed by atoms with Crippen molar-refractivity contribution in [2.24, 2.45) is 0 Å². The van der Waals surface area contributed by atoms with E-state index in [0.717, 1.165) is 36.4 Å². The SMILES string of the molecule is CCCCCCOc1ccc(B2OC(C)(C)C(C)(C)O2)c(OCCCCCC)c1. The van der Waals surface area contributed by atoms with Gasteiger partial charge in [-0.15, -0.1) is 0 Å². The van der Waals surface area contributed by atoms with Crippen molar-refractivity contribution in [1.29, 1.82) is 0 Å². The van der Waals surface area contributed by atoms with Gasteiger partial charge in [-0.1, -0.05) is 58.4 Å². The van der Waals surface area contributed by atoms with Crippen LogP contribution in [0.2, 0.25) is 0 Å². The van der Waals surface area contributed by atoms with Crippen LogP contribution in [0.4, 0.5) is 0 Å². The first-order valence-corrected chi connectivity index (χ1v) is 11.6. The second-order valence-corrected chi connectivity index (χ2v) is 9.11. The number of benzene rings is 1. The van der Waals surface area contributed by atoms with E-state index < -0.39 is 7.12 Å². The highest BCUT2D eigenvalue weighted by atomic mass is 16.7. The zero-order valence-corrected chi connectivity index (χ0v) is 19.5. The van der Waals surface area contributed by atoms with E-state index in [2.05, 4.69) is 41.5 Å². The lowest BCUT2D eigenvalue weighted by Gasteiger charge is -2.32. The molecule has 0 unspecified atom stereocenters. The van der Waals surface area contributed by atoms with Crippen LogP contribution < -0.4 is 14.9 Å². The summed E-state index contributed by atoms with van der Waals surface area (Å²) in [5.41, 5.74) is 0.201. The zero-order chi connectivity index (χ0) is 21.3. The van der Waals surface area contributed by atoms with E-state index >= 15 is 0 Å². The molecular formula is C24H41BO4. The molecule has 1 aliphatic rings. The van der Waals surface area contributed by atoms with Crippen LogP contribution >= 0.6 is 0 Å². The lowest BCUT2D eigenvalue weighted by molar-refractivity contribution is 0.00578. The average Bonchev–Trinajstić information content (AvgIpc) is 2.88. The van der Waals surface area contributed by atoms with Crippen LogP contribution in [-0.2, 0) is 9.31 Å². The molecule has 1 fully saturated rings. The van der Waals surface area contributed by atoms with Gasteiger partial charge in [-0.2, -0.15) is 0 Å². The number of hydrogen-bond acceptors (Lipinski definition) is 4. The molecule has 1 aliphatic heterocycles. The molecule has 5 heteroatoms. The quantitative estimate of drug-likeness (QED) is 0.303. The van der Waals surface area contributed by atoms with Crippen molar-refractivity contribution in [3.05, 3.63) is 18.2 Å². The average molecular weight is 404 g/mol. The van der Waals surface area contributed by atoms with Crippen molar-refractivity contribution >= 4 is 12.6 Å². The highest BCUT2D eigenvalue weighted by molar-refractivity contribution is 6.63. The smallest absolute Gasteiger partial charge is 0.494 e. The van der Waals surface area contributed by atoms with Gasteiger partial charge >= 0.3 is 7.12 Å². The molecule has 164 valence electrons. The van der Waals surface area contributed by atoms with Gasteiger partial charge in [-0.25, -0.2) is 0 Å². The van der Waals surface area contributed by atoms with E-state index in [-0.39, 0.29) is 11.2 Å². The third-order valence-corrected chi connectivity index (χ3v) is 6.01. The summed E-state index contributed by atoms with van der Waals surface area (Å²) in [6.45, 7) is 14.2. The van der Waals surface area contributed by atoms with E-state index in [1.54, 1.807) is 0 Å². The van der Waals surface area contributed by atoms with E-state index in [1.165, 1.54) is 38.5 Å².